The number of carbonyl (C=O) groups is 1. The Morgan fingerprint density at radius 1 is 1.00 bits per heavy atom. The SMILES string of the molecule is COc1ccccc1C(C1=CCCCC1=O)c1ccccc1. The molecule has 3 rings (SSSR count). The molecule has 0 fully saturated rings. The van der Waals surface area contributed by atoms with E-state index in [2.05, 4.69) is 24.3 Å². The minimum absolute atomic E-state index is 0.0508. The van der Waals surface area contributed by atoms with Gasteiger partial charge >= 0.3 is 0 Å². The highest BCUT2D eigenvalue weighted by molar-refractivity contribution is 5.98. The van der Waals surface area contributed by atoms with E-state index >= 15 is 0 Å². The van der Waals surface area contributed by atoms with Crippen LogP contribution in [0.25, 0.3) is 0 Å². The molecule has 2 aromatic carbocycles. The number of Topliss-reactive ketones (excluding diaryl/α,β-unsaturated/α-hetero) is 1. The average Bonchev–Trinajstić information content (AvgIpc) is 2.58. The Morgan fingerprint density at radius 3 is 2.45 bits per heavy atom. The van der Waals surface area contributed by atoms with Crippen molar-refractivity contribution in [1.29, 1.82) is 0 Å². The van der Waals surface area contributed by atoms with Gasteiger partial charge in [0, 0.05) is 23.5 Å². The average molecular weight is 292 g/mol. The van der Waals surface area contributed by atoms with E-state index in [0.717, 1.165) is 35.3 Å². The van der Waals surface area contributed by atoms with Gasteiger partial charge in [0.15, 0.2) is 5.78 Å². The largest absolute Gasteiger partial charge is 0.496 e. The van der Waals surface area contributed by atoms with E-state index in [-0.39, 0.29) is 11.7 Å². The maximum absolute atomic E-state index is 12.5. The van der Waals surface area contributed by atoms with E-state index < -0.39 is 0 Å². The molecule has 2 nitrogen and oxygen atoms in total. The molecule has 0 saturated heterocycles. The molecular formula is C20H20O2. The van der Waals surface area contributed by atoms with Crippen molar-refractivity contribution in [2.75, 3.05) is 7.11 Å². The summed E-state index contributed by atoms with van der Waals surface area (Å²) in [5.41, 5.74) is 3.09. The van der Waals surface area contributed by atoms with Crippen LogP contribution >= 0.6 is 0 Å². The second-order valence-electron chi connectivity index (χ2n) is 5.56. The lowest BCUT2D eigenvalue weighted by Gasteiger charge is -2.24. The summed E-state index contributed by atoms with van der Waals surface area (Å²) < 4.78 is 5.54. The first kappa shape index (κ1) is 14.6. The zero-order valence-electron chi connectivity index (χ0n) is 12.8. The first-order valence-electron chi connectivity index (χ1n) is 7.72. The van der Waals surface area contributed by atoms with Gasteiger partial charge in [0.2, 0.25) is 0 Å². The Morgan fingerprint density at radius 2 is 1.73 bits per heavy atom. The van der Waals surface area contributed by atoms with Gasteiger partial charge in [-0.2, -0.15) is 0 Å². The van der Waals surface area contributed by atoms with Crippen molar-refractivity contribution < 1.29 is 9.53 Å². The fraction of sp³-hybridized carbons (Fsp3) is 0.250. The molecule has 0 radical (unpaired) electrons. The molecule has 112 valence electrons. The summed E-state index contributed by atoms with van der Waals surface area (Å²) in [5, 5.41) is 0. The number of hydrogen-bond acceptors (Lipinski definition) is 2. The third-order valence-electron chi connectivity index (χ3n) is 4.19. The van der Waals surface area contributed by atoms with Gasteiger partial charge in [0.25, 0.3) is 0 Å². The molecule has 0 saturated carbocycles. The molecule has 0 bridgehead atoms. The molecule has 22 heavy (non-hydrogen) atoms. The van der Waals surface area contributed by atoms with Gasteiger partial charge < -0.3 is 4.74 Å². The second kappa shape index (κ2) is 6.61. The van der Waals surface area contributed by atoms with Crippen LogP contribution in [0.2, 0.25) is 0 Å². The van der Waals surface area contributed by atoms with E-state index in [1.165, 1.54) is 0 Å². The monoisotopic (exact) mass is 292 g/mol. The standard InChI is InChI=1S/C20H20O2/c1-22-19-14-8-6-12-17(19)20(15-9-3-2-4-10-15)16-11-5-7-13-18(16)21/h2-4,6,8-12,14,20H,5,7,13H2,1H3. The summed E-state index contributed by atoms with van der Waals surface area (Å²) in [7, 11) is 1.68. The summed E-state index contributed by atoms with van der Waals surface area (Å²) in [4.78, 5) is 12.5. The predicted molar refractivity (Wildman–Crippen MR) is 88.2 cm³/mol. The molecule has 0 spiro atoms. The topological polar surface area (TPSA) is 26.3 Å². The van der Waals surface area contributed by atoms with E-state index in [0.29, 0.717) is 6.42 Å². The quantitative estimate of drug-likeness (QED) is 0.829. The van der Waals surface area contributed by atoms with Crippen molar-refractivity contribution in [3.05, 3.63) is 77.4 Å². The second-order valence-corrected chi connectivity index (χ2v) is 5.56. The highest BCUT2D eigenvalue weighted by atomic mass is 16.5. The number of hydrogen-bond donors (Lipinski definition) is 0. The van der Waals surface area contributed by atoms with Crippen LogP contribution in [0.4, 0.5) is 0 Å². The molecule has 1 atom stereocenters. The minimum atomic E-state index is -0.0508. The van der Waals surface area contributed by atoms with Crippen molar-refractivity contribution in [3.8, 4) is 5.75 Å². The van der Waals surface area contributed by atoms with E-state index in [1.807, 2.05) is 36.4 Å². The number of ether oxygens (including phenoxy) is 1. The number of para-hydroxylation sites is 1. The molecule has 0 aromatic heterocycles. The fourth-order valence-corrected chi connectivity index (χ4v) is 3.13. The van der Waals surface area contributed by atoms with Crippen LogP contribution in [0.15, 0.2) is 66.2 Å². The molecule has 2 heteroatoms. The molecule has 0 amide bonds. The van der Waals surface area contributed by atoms with Gasteiger partial charge in [-0.25, -0.2) is 0 Å². The lowest BCUT2D eigenvalue weighted by atomic mass is 9.79. The first-order valence-corrected chi connectivity index (χ1v) is 7.72. The number of rotatable bonds is 4. The molecule has 1 unspecified atom stereocenters. The number of ketones is 1. The van der Waals surface area contributed by atoms with E-state index in [4.69, 9.17) is 4.74 Å². The maximum Gasteiger partial charge on any atom is 0.159 e. The van der Waals surface area contributed by atoms with Crippen molar-refractivity contribution in [2.24, 2.45) is 0 Å². The molecular weight excluding hydrogens is 272 g/mol. The summed E-state index contributed by atoms with van der Waals surface area (Å²) in [6.07, 6.45) is 4.68. The summed E-state index contributed by atoms with van der Waals surface area (Å²) >= 11 is 0. The zero-order valence-corrected chi connectivity index (χ0v) is 12.8. The predicted octanol–water partition coefficient (Wildman–Crippen LogP) is 4.51. The summed E-state index contributed by atoms with van der Waals surface area (Å²) in [6, 6.07) is 18.2. The third-order valence-corrected chi connectivity index (χ3v) is 4.19. The minimum Gasteiger partial charge on any atom is -0.496 e. The molecule has 0 N–H and O–H groups in total. The van der Waals surface area contributed by atoms with Crippen LogP contribution in [0.3, 0.4) is 0 Å². The number of benzene rings is 2. The van der Waals surface area contributed by atoms with Gasteiger partial charge in [0.1, 0.15) is 5.75 Å². The summed E-state index contributed by atoms with van der Waals surface area (Å²) in [5.74, 6) is 1.03. The number of carbonyl (C=O) groups excluding carboxylic acids is 1. The van der Waals surface area contributed by atoms with Crippen LogP contribution in [-0.4, -0.2) is 12.9 Å². The van der Waals surface area contributed by atoms with Crippen molar-refractivity contribution in [1.82, 2.24) is 0 Å². The van der Waals surface area contributed by atoms with Crippen molar-refractivity contribution >= 4 is 5.78 Å². The molecule has 0 aliphatic heterocycles. The van der Waals surface area contributed by atoms with Crippen LogP contribution in [-0.2, 0) is 4.79 Å². The smallest absolute Gasteiger partial charge is 0.159 e. The van der Waals surface area contributed by atoms with Crippen molar-refractivity contribution in [2.45, 2.75) is 25.2 Å². The van der Waals surface area contributed by atoms with Crippen molar-refractivity contribution in [3.63, 3.8) is 0 Å². The Bertz CT molecular complexity index is 686. The highest BCUT2D eigenvalue weighted by Crippen LogP contribution is 2.39. The van der Waals surface area contributed by atoms with Gasteiger partial charge in [-0.1, -0.05) is 54.6 Å². The normalized spacial score (nSPS) is 16.0. The molecule has 2 aromatic rings. The molecule has 1 aliphatic carbocycles. The van der Waals surface area contributed by atoms with Gasteiger partial charge in [-0.3, -0.25) is 4.79 Å². The Hall–Kier alpha value is -2.35. The van der Waals surface area contributed by atoms with Crippen LogP contribution in [0, 0.1) is 0 Å². The third kappa shape index (κ3) is 2.82. The summed E-state index contributed by atoms with van der Waals surface area (Å²) in [6.45, 7) is 0. The lowest BCUT2D eigenvalue weighted by molar-refractivity contribution is -0.116. The van der Waals surface area contributed by atoms with E-state index in [9.17, 15) is 4.79 Å². The van der Waals surface area contributed by atoms with Crippen LogP contribution in [0.5, 0.6) is 5.75 Å². The molecule has 0 heterocycles. The lowest BCUT2D eigenvalue weighted by Crippen LogP contribution is -2.16. The highest BCUT2D eigenvalue weighted by Gasteiger charge is 2.27. The van der Waals surface area contributed by atoms with Gasteiger partial charge in [0.05, 0.1) is 7.11 Å². The number of allylic oxidation sites excluding steroid dienone is 2. The fourth-order valence-electron chi connectivity index (χ4n) is 3.13. The van der Waals surface area contributed by atoms with Crippen LogP contribution in [0.1, 0.15) is 36.3 Å². The molecule has 1 aliphatic rings. The Kier molecular flexibility index (Phi) is 4.38. The number of methoxy groups -OCH3 is 1. The van der Waals surface area contributed by atoms with Crippen LogP contribution < -0.4 is 4.74 Å². The van der Waals surface area contributed by atoms with E-state index in [1.54, 1.807) is 7.11 Å². The van der Waals surface area contributed by atoms with Gasteiger partial charge in [-0.05, 0) is 24.5 Å². The maximum atomic E-state index is 12.5. The van der Waals surface area contributed by atoms with Gasteiger partial charge in [-0.15, -0.1) is 0 Å². The zero-order chi connectivity index (χ0) is 15.4. The first-order chi connectivity index (χ1) is 10.8. The Labute approximate surface area is 131 Å². The Balaban J connectivity index is 2.15.